The third-order valence-electron chi connectivity index (χ3n) is 5.46. The molecule has 1 heterocycles. The standard InChI is InChI=1S/C23H29N3O6S/c1-4-32-23(28)26-14-12-25(13-15-26)22(27)18-10-11-21(31-3)19(16-18)17-24(2)33(29,30)20-8-6-5-7-9-20/h5-11,16H,4,12-15,17H2,1-3H3. The molecule has 0 unspecified atom stereocenters. The number of sulfonamides is 1. The van der Waals surface area contributed by atoms with Crippen LogP contribution in [-0.2, 0) is 21.3 Å². The lowest BCUT2D eigenvalue weighted by molar-refractivity contribution is 0.0570. The van der Waals surface area contributed by atoms with Crippen LogP contribution < -0.4 is 4.74 Å². The van der Waals surface area contributed by atoms with Gasteiger partial charge in [0.25, 0.3) is 5.91 Å². The summed E-state index contributed by atoms with van der Waals surface area (Å²) < 4.78 is 37.5. The van der Waals surface area contributed by atoms with Crippen molar-refractivity contribution in [2.75, 3.05) is 46.9 Å². The summed E-state index contributed by atoms with van der Waals surface area (Å²) in [5.74, 6) is 0.310. The highest BCUT2D eigenvalue weighted by Gasteiger charge is 2.27. The number of ether oxygens (including phenoxy) is 2. The smallest absolute Gasteiger partial charge is 0.409 e. The zero-order chi connectivity index (χ0) is 24.0. The molecule has 1 aliphatic rings. The van der Waals surface area contributed by atoms with E-state index in [1.165, 1.54) is 18.5 Å². The third kappa shape index (κ3) is 5.63. The van der Waals surface area contributed by atoms with Gasteiger partial charge in [-0.2, -0.15) is 4.31 Å². The van der Waals surface area contributed by atoms with Crippen molar-refractivity contribution in [2.24, 2.45) is 0 Å². The molecule has 0 atom stereocenters. The van der Waals surface area contributed by atoms with Crippen molar-refractivity contribution in [3.8, 4) is 5.75 Å². The van der Waals surface area contributed by atoms with Gasteiger partial charge in [0.2, 0.25) is 10.0 Å². The lowest BCUT2D eigenvalue weighted by Crippen LogP contribution is -2.50. The van der Waals surface area contributed by atoms with Crippen molar-refractivity contribution in [3.63, 3.8) is 0 Å². The van der Waals surface area contributed by atoms with E-state index in [-0.39, 0.29) is 23.4 Å². The first-order chi connectivity index (χ1) is 15.8. The normalized spacial score (nSPS) is 14.3. The maximum absolute atomic E-state index is 13.1. The first-order valence-corrected chi connectivity index (χ1v) is 12.1. The largest absolute Gasteiger partial charge is 0.496 e. The Morgan fingerprint density at radius 1 is 1.00 bits per heavy atom. The van der Waals surface area contributed by atoms with Crippen LogP contribution in [0.15, 0.2) is 53.4 Å². The van der Waals surface area contributed by atoms with Gasteiger partial charge in [-0.1, -0.05) is 18.2 Å². The lowest BCUT2D eigenvalue weighted by Gasteiger charge is -2.34. The number of carbonyl (C=O) groups is 2. The van der Waals surface area contributed by atoms with Gasteiger partial charge in [-0.3, -0.25) is 4.79 Å². The molecule has 0 N–H and O–H groups in total. The van der Waals surface area contributed by atoms with Crippen molar-refractivity contribution < 1.29 is 27.5 Å². The molecule has 33 heavy (non-hydrogen) atoms. The molecule has 0 spiro atoms. The highest BCUT2D eigenvalue weighted by molar-refractivity contribution is 7.89. The number of hydrogen-bond acceptors (Lipinski definition) is 6. The maximum Gasteiger partial charge on any atom is 0.409 e. The van der Waals surface area contributed by atoms with Crippen molar-refractivity contribution in [1.82, 2.24) is 14.1 Å². The van der Waals surface area contributed by atoms with E-state index in [2.05, 4.69) is 0 Å². The van der Waals surface area contributed by atoms with E-state index in [0.29, 0.717) is 49.7 Å². The van der Waals surface area contributed by atoms with Gasteiger partial charge in [0.1, 0.15) is 5.75 Å². The van der Waals surface area contributed by atoms with Crippen LogP contribution in [0.4, 0.5) is 4.79 Å². The Bertz CT molecular complexity index is 1080. The second-order valence-corrected chi connectivity index (χ2v) is 9.62. The molecule has 0 bridgehead atoms. The summed E-state index contributed by atoms with van der Waals surface area (Å²) >= 11 is 0. The minimum Gasteiger partial charge on any atom is -0.496 e. The van der Waals surface area contributed by atoms with Crippen LogP contribution in [0.2, 0.25) is 0 Å². The number of rotatable bonds is 7. The molecule has 178 valence electrons. The molecule has 2 aromatic carbocycles. The van der Waals surface area contributed by atoms with Gasteiger partial charge >= 0.3 is 6.09 Å². The molecule has 1 aliphatic heterocycles. The van der Waals surface area contributed by atoms with Crippen LogP contribution in [-0.4, -0.2) is 81.5 Å². The lowest BCUT2D eigenvalue weighted by atomic mass is 10.1. The number of piperazine rings is 1. The van der Waals surface area contributed by atoms with E-state index < -0.39 is 10.0 Å². The van der Waals surface area contributed by atoms with Crippen molar-refractivity contribution >= 4 is 22.0 Å². The molecule has 0 aromatic heterocycles. The Morgan fingerprint density at radius 2 is 1.64 bits per heavy atom. The minimum atomic E-state index is -3.70. The molecule has 2 amide bonds. The summed E-state index contributed by atoms with van der Waals surface area (Å²) in [5.41, 5.74) is 1.01. The monoisotopic (exact) mass is 475 g/mol. The fourth-order valence-corrected chi connectivity index (χ4v) is 4.79. The van der Waals surface area contributed by atoms with Gasteiger partial charge in [0.15, 0.2) is 0 Å². The van der Waals surface area contributed by atoms with E-state index in [4.69, 9.17) is 9.47 Å². The van der Waals surface area contributed by atoms with Gasteiger partial charge < -0.3 is 19.3 Å². The average Bonchev–Trinajstić information content (AvgIpc) is 2.84. The summed E-state index contributed by atoms with van der Waals surface area (Å²) in [5, 5.41) is 0. The topological polar surface area (TPSA) is 96.5 Å². The molecule has 1 saturated heterocycles. The number of methoxy groups -OCH3 is 1. The van der Waals surface area contributed by atoms with Crippen molar-refractivity contribution in [3.05, 3.63) is 59.7 Å². The number of hydrogen-bond donors (Lipinski definition) is 0. The average molecular weight is 476 g/mol. The summed E-state index contributed by atoms with van der Waals surface area (Å²) in [6.45, 7) is 3.67. The predicted octanol–water partition coefficient (Wildman–Crippen LogP) is 2.43. The molecule has 1 fully saturated rings. The Labute approximate surface area is 194 Å². The highest BCUT2D eigenvalue weighted by Crippen LogP contribution is 2.25. The minimum absolute atomic E-state index is 0.0398. The zero-order valence-corrected chi connectivity index (χ0v) is 19.9. The van der Waals surface area contributed by atoms with Crippen LogP contribution in [0.5, 0.6) is 5.75 Å². The van der Waals surface area contributed by atoms with E-state index in [0.717, 1.165) is 0 Å². The first kappa shape index (κ1) is 24.5. The summed E-state index contributed by atoms with van der Waals surface area (Å²) in [7, 11) is -0.710. The Kier molecular flexibility index (Phi) is 7.93. The Hall–Kier alpha value is -3.11. The van der Waals surface area contributed by atoms with E-state index in [1.54, 1.807) is 65.3 Å². The fraction of sp³-hybridized carbons (Fsp3) is 0.391. The van der Waals surface area contributed by atoms with Crippen molar-refractivity contribution in [1.29, 1.82) is 0 Å². The molecule has 0 aliphatic carbocycles. The number of carbonyl (C=O) groups excluding carboxylic acids is 2. The third-order valence-corrected chi connectivity index (χ3v) is 7.28. The zero-order valence-electron chi connectivity index (χ0n) is 19.1. The second kappa shape index (κ2) is 10.7. The number of nitrogens with zero attached hydrogens (tertiary/aromatic N) is 3. The molecule has 9 nitrogen and oxygen atoms in total. The van der Waals surface area contributed by atoms with Gasteiger partial charge in [0.05, 0.1) is 18.6 Å². The summed E-state index contributed by atoms with van der Waals surface area (Å²) in [6.07, 6.45) is -0.376. The van der Waals surface area contributed by atoms with Gasteiger partial charge in [-0.05, 0) is 37.3 Å². The van der Waals surface area contributed by atoms with Crippen LogP contribution >= 0.6 is 0 Å². The fourth-order valence-electron chi connectivity index (χ4n) is 3.62. The summed E-state index contributed by atoms with van der Waals surface area (Å²) in [4.78, 5) is 28.4. The van der Waals surface area contributed by atoms with E-state index in [9.17, 15) is 18.0 Å². The van der Waals surface area contributed by atoms with Crippen LogP contribution in [0.25, 0.3) is 0 Å². The predicted molar refractivity (Wildman–Crippen MR) is 123 cm³/mol. The Morgan fingerprint density at radius 3 is 2.24 bits per heavy atom. The maximum atomic E-state index is 13.1. The van der Waals surface area contributed by atoms with Gasteiger partial charge in [-0.15, -0.1) is 0 Å². The molecular formula is C23H29N3O6S. The Balaban J connectivity index is 1.74. The summed E-state index contributed by atoms with van der Waals surface area (Å²) in [6, 6.07) is 13.2. The number of amides is 2. The molecule has 10 heteroatoms. The highest BCUT2D eigenvalue weighted by atomic mass is 32.2. The van der Waals surface area contributed by atoms with Crippen molar-refractivity contribution in [2.45, 2.75) is 18.4 Å². The van der Waals surface area contributed by atoms with E-state index in [1.807, 2.05) is 0 Å². The van der Waals surface area contributed by atoms with Crippen LogP contribution in [0, 0.1) is 0 Å². The van der Waals surface area contributed by atoms with Crippen LogP contribution in [0.1, 0.15) is 22.8 Å². The second-order valence-electron chi connectivity index (χ2n) is 7.58. The quantitative estimate of drug-likeness (QED) is 0.610. The van der Waals surface area contributed by atoms with Gasteiger partial charge in [-0.25, -0.2) is 13.2 Å². The molecule has 0 saturated carbocycles. The number of benzene rings is 2. The molecule has 2 aromatic rings. The molecule has 0 radical (unpaired) electrons. The van der Waals surface area contributed by atoms with Gasteiger partial charge in [0, 0.05) is 50.9 Å². The van der Waals surface area contributed by atoms with E-state index >= 15 is 0 Å². The molecule has 3 rings (SSSR count). The molecular weight excluding hydrogens is 446 g/mol. The first-order valence-electron chi connectivity index (χ1n) is 10.7. The SMILES string of the molecule is CCOC(=O)N1CCN(C(=O)c2ccc(OC)c(CN(C)S(=O)(=O)c3ccccc3)c2)CC1. The van der Waals surface area contributed by atoms with Crippen LogP contribution in [0.3, 0.4) is 0 Å².